The van der Waals surface area contributed by atoms with E-state index in [0.29, 0.717) is 24.5 Å². The molecule has 0 aliphatic heterocycles. The van der Waals surface area contributed by atoms with E-state index < -0.39 is 0 Å². The second-order valence-corrected chi connectivity index (χ2v) is 6.53. The molecule has 6 heteroatoms. The molecule has 1 unspecified atom stereocenters. The van der Waals surface area contributed by atoms with Gasteiger partial charge in [-0.05, 0) is 44.7 Å². The summed E-state index contributed by atoms with van der Waals surface area (Å²) in [6.07, 6.45) is 2.30. The Kier molecular flexibility index (Phi) is 5.08. The van der Waals surface area contributed by atoms with Gasteiger partial charge in [-0.15, -0.1) is 0 Å². The SMILES string of the molecule is COCCn1c2c(ccc1=O)CC(NC(=O)c1cc(C)oc1C)CC2. The average molecular weight is 344 g/mol. The molecular formula is C19H24N2O4. The van der Waals surface area contributed by atoms with Crippen molar-refractivity contribution in [2.24, 2.45) is 0 Å². The Morgan fingerprint density at radius 3 is 2.88 bits per heavy atom. The molecule has 2 aromatic heterocycles. The van der Waals surface area contributed by atoms with Gasteiger partial charge in [0.2, 0.25) is 0 Å². The molecule has 0 spiro atoms. The summed E-state index contributed by atoms with van der Waals surface area (Å²) < 4.78 is 12.3. The van der Waals surface area contributed by atoms with Crippen LogP contribution in [0.3, 0.4) is 0 Å². The Labute approximate surface area is 146 Å². The Morgan fingerprint density at radius 1 is 1.40 bits per heavy atom. The lowest BCUT2D eigenvalue weighted by molar-refractivity contribution is 0.0931. The lowest BCUT2D eigenvalue weighted by atomic mass is 9.91. The van der Waals surface area contributed by atoms with Crippen molar-refractivity contribution in [2.45, 2.75) is 45.7 Å². The van der Waals surface area contributed by atoms with E-state index in [9.17, 15) is 9.59 Å². The number of hydrogen-bond acceptors (Lipinski definition) is 4. The standard InChI is InChI=1S/C19H24N2O4/c1-12-10-16(13(2)25-12)19(23)20-15-5-6-17-14(11-15)4-7-18(22)21(17)8-9-24-3/h4,7,10,15H,5-6,8-9,11H2,1-3H3,(H,20,23). The zero-order valence-corrected chi connectivity index (χ0v) is 14.9. The molecule has 2 aromatic rings. The van der Waals surface area contributed by atoms with E-state index in [4.69, 9.17) is 9.15 Å². The highest BCUT2D eigenvalue weighted by atomic mass is 16.5. The van der Waals surface area contributed by atoms with E-state index in [2.05, 4.69) is 5.32 Å². The number of carbonyl (C=O) groups excluding carboxylic acids is 1. The van der Waals surface area contributed by atoms with Crippen LogP contribution in [0.25, 0.3) is 0 Å². The van der Waals surface area contributed by atoms with Gasteiger partial charge in [0, 0.05) is 31.5 Å². The largest absolute Gasteiger partial charge is 0.466 e. The zero-order valence-electron chi connectivity index (χ0n) is 14.9. The number of aromatic nitrogens is 1. The van der Waals surface area contributed by atoms with Gasteiger partial charge in [-0.2, -0.15) is 0 Å². The van der Waals surface area contributed by atoms with Crippen LogP contribution in [0.5, 0.6) is 0 Å². The van der Waals surface area contributed by atoms with Gasteiger partial charge in [-0.3, -0.25) is 9.59 Å². The molecular weight excluding hydrogens is 320 g/mol. The van der Waals surface area contributed by atoms with E-state index in [1.165, 1.54) is 0 Å². The summed E-state index contributed by atoms with van der Waals surface area (Å²) in [4.78, 5) is 24.6. The molecule has 1 aliphatic carbocycles. The van der Waals surface area contributed by atoms with Crippen molar-refractivity contribution in [1.82, 2.24) is 9.88 Å². The fourth-order valence-corrected chi connectivity index (χ4v) is 3.49. The molecule has 0 saturated heterocycles. The summed E-state index contributed by atoms with van der Waals surface area (Å²) >= 11 is 0. The lowest BCUT2D eigenvalue weighted by Crippen LogP contribution is -2.40. The van der Waals surface area contributed by atoms with Gasteiger partial charge in [0.1, 0.15) is 11.5 Å². The number of methoxy groups -OCH3 is 1. The quantitative estimate of drug-likeness (QED) is 0.900. The number of amides is 1. The first-order valence-electron chi connectivity index (χ1n) is 8.58. The van der Waals surface area contributed by atoms with Crippen LogP contribution < -0.4 is 10.9 Å². The van der Waals surface area contributed by atoms with Gasteiger partial charge in [0.25, 0.3) is 11.5 Å². The third-order valence-electron chi connectivity index (χ3n) is 4.73. The monoisotopic (exact) mass is 344 g/mol. The van der Waals surface area contributed by atoms with Crippen molar-refractivity contribution in [3.63, 3.8) is 0 Å². The molecule has 3 rings (SSSR count). The first-order chi connectivity index (χ1) is 12.0. The second kappa shape index (κ2) is 7.27. The van der Waals surface area contributed by atoms with E-state index >= 15 is 0 Å². The molecule has 2 heterocycles. The third-order valence-corrected chi connectivity index (χ3v) is 4.73. The second-order valence-electron chi connectivity index (χ2n) is 6.53. The summed E-state index contributed by atoms with van der Waals surface area (Å²) in [5.41, 5.74) is 2.77. The maximum atomic E-state index is 12.5. The molecule has 6 nitrogen and oxygen atoms in total. The molecule has 1 atom stereocenters. The highest BCUT2D eigenvalue weighted by Crippen LogP contribution is 2.21. The minimum Gasteiger partial charge on any atom is -0.466 e. The number of nitrogens with one attached hydrogen (secondary N) is 1. The smallest absolute Gasteiger partial charge is 0.255 e. The Hall–Kier alpha value is -2.34. The molecule has 0 fully saturated rings. The minimum absolute atomic E-state index is 0.00258. The number of hydrogen-bond donors (Lipinski definition) is 1. The van der Waals surface area contributed by atoms with Crippen molar-refractivity contribution >= 4 is 5.91 Å². The number of ether oxygens (including phenoxy) is 1. The summed E-state index contributed by atoms with van der Waals surface area (Å²) in [6.45, 7) is 4.70. The van der Waals surface area contributed by atoms with E-state index in [-0.39, 0.29) is 17.5 Å². The van der Waals surface area contributed by atoms with E-state index in [1.54, 1.807) is 30.7 Å². The normalized spacial score (nSPS) is 16.5. The fraction of sp³-hybridized carbons (Fsp3) is 0.474. The number of aryl methyl sites for hydroxylation is 2. The summed E-state index contributed by atoms with van der Waals surface area (Å²) in [7, 11) is 1.63. The van der Waals surface area contributed by atoms with Crippen LogP contribution in [-0.4, -0.2) is 30.2 Å². The van der Waals surface area contributed by atoms with Gasteiger partial charge in [0.05, 0.1) is 12.2 Å². The number of nitrogens with zero attached hydrogens (tertiary/aromatic N) is 1. The average Bonchev–Trinajstić information content (AvgIpc) is 2.92. The van der Waals surface area contributed by atoms with Crippen LogP contribution in [0.15, 0.2) is 27.4 Å². The van der Waals surface area contributed by atoms with Crippen molar-refractivity contribution < 1.29 is 13.9 Å². The number of pyridine rings is 1. The topological polar surface area (TPSA) is 73.5 Å². The number of carbonyl (C=O) groups is 1. The Balaban J connectivity index is 1.74. The molecule has 0 aromatic carbocycles. The molecule has 0 bridgehead atoms. The van der Waals surface area contributed by atoms with Crippen molar-refractivity contribution in [2.75, 3.05) is 13.7 Å². The number of furan rings is 1. The molecule has 0 saturated carbocycles. The van der Waals surface area contributed by atoms with E-state index in [1.807, 2.05) is 13.0 Å². The maximum Gasteiger partial charge on any atom is 0.255 e. The minimum atomic E-state index is -0.101. The lowest BCUT2D eigenvalue weighted by Gasteiger charge is -2.27. The number of fused-ring (bicyclic) bond motifs is 1. The van der Waals surface area contributed by atoms with Crippen LogP contribution in [0.1, 0.15) is 39.6 Å². The van der Waals surface area contributed by atoms with Crippen LogP contribution in [0.2, 0.25) is 0 Å². The van der Waals surface area contributed by atoms with Gasteiger partial charge >= 0.3 is 0 Å². The Bertz CT molecular complexity index is 834. The van der Waals surface area contributed by atoms with Crippen molar-refractivity contribution in [3.8, 4) is 0 Å². The summed E-state index contributed by atoms with van der Waals surface area (Å²) in [6, 6.07) is 5.31. The van der Waals surface area contributed by atoms with Gasteiger partial charge in [-0.25, -0.2) is 0 Å². The maximum absolute atomic E-state index is 12.5. The highest BCUT2D eigenvalue weighted by molar-refractivity contribution is 5.95. The summed E-state index contributed by atoms with van der Waals surface area (Å²) in [5.74, 6) is 1.27. The first kappa shape index (κ1) is 17.5. The predicted octanol–water partition coefficient (Wildman–Crippen LogP) is 1.99. The van der Waals surface area contributed by atoms with Crippen LogP contribution >= 0.6 is 0 Å². The molecule has 0 radical (unpaired) electrons. The third kappa shape index (κ3) is 3.69. The molecule has 25 heavy (non-hydrogen) atoms. The molecule has 1 aliphatic rings. The van der Waals surface area contributed by atoms with E-state index in [0.717, 1.165) is 36.3 Å². The van der Waals surface area contributed by atoms with Crippen molar-refractivity contribution in [1.29, 1.82) is 0 Å². The first-order valence-corrected chi connectivity index (χ1v) is 8.58. The Morgan fingerprint density at radius 2 is 2.20 bits per heavy atom. The van der Waals surface area contributed by atoms with Gasteiger partial charge in [0.15, 0.2) is 0 Å². The van der Waals surface area contributed by atoms with Crippen LogP contribution in [-0.2, 0) is 24.1 Å². The fourth-order valence-electron chi connectivity index (χ4n) is 3.49. The van der Waals surface area contributed by atoms with Crippen LogP contribution in [0.4, 0.5) is 0 Å². The zero-order chi connectivity index (χ0) is 18.0. The predicted molar refractivity (Wildman–Crippen MR) is 94.0 cm³/mol. The molecule has 134 valence electrons. The highest BCUT2D eigenvalue weighted by Gasteiger charge is 2.24. The van der Waals surface area contributed by atoms with Gasteiger partial charge < -0.3 is 19.0 Å². The van der Waals surface area contributed by atoms with Crippen molar-refractivity contribution in [3.05, 3.63) is 56.9 Å². The summed E-state index contributed by atoms with van der Waals surface area (Å²) in [5, 5.41) is 3.10. The number of rotatable bonds is 5. The van der Waals surface area contributed by atoms with Gasteiger partial charge in [-0.1, -0.05) is 6.07 Å². The molecule has 1 amide bonds. The van der Waals surface area contributed by atoms with Crippen LogP contribution in [0, 0.1) is 13.8 Å². The molecule has 1 N–H and O–H groups in total.